The molecule has 3 N–H and O–H groups in total. The van der Waals surface area contributed by atoms with Crippen LogP contribution >= 0.6 is 0 Å². The molecule has 0 spiro atoms. The summed E-state index contributed by atoms with van der Waals surface area (Å²) in [7, 11) is 0. The molecule has 0 aliphatic rings. The van der Waals surface area contributed by atoms with Crippen molar-refractivity contribution in [3.05, 3.63) is 108 Å². The van der Waals surface area contributed by atoms with Crippen molar-refractivity contribution < 1.29 is 4.79 Å². The zero-order valence-electron chi connectivity index (χ0n) is 19.9. The average molecular weight is 491 g/mol. The molecule has 0 radical (unpaired) electrons. The van der Waals surface area contributed by atoms with Crippen LogP contribution in [-0.4, -0.2) is 37.5 Å². The van der Waals surface area contributed by atoms with Crippen molar-refractivity contribution in [2.45, 2.75) is 13.1 Å². The van der Waals surface area contributed by atoms with Crippen LogP contribution in [0.4, 0.5) is 5.82 Å². The number of hydrogen-bond donors (Lipinski definition) is 2. The first kappa shape index (κ1) is 24.0. The highest BCUT2D eigenvalue weighted by Crippen LogP contribution is 2.34. The molecule has 0 aliphatic heterocycles. The number of anilines is 1. The highest BCUT2D eigenvalue weighted by Gasteiger charge is 2.15. The Morgan fingerprint density at radius 1 is 0.946 bits per heavy atom. The second-order valence-corrected chi connectivity index (χ2v) is 8.48. The van der Waals surface area contributed by atoms with Gasteiger partial charge in [-0.2, -0.15) is 0 Å². The molecule has 0 aliphatic carbocycles. The number of carbonyl (C=O) groups is 1. The van der Waals surface area contributed by atoms with Gasteiger partial charge in [-0.25, -0.2) is 9.97 Å². The smallest absolute Gasteiger partial charge is 0.230 e. The molecule has 0 atom stereocenters. The summed E-state index contributed by atoms with van der Waals surface area (Å²) in [6.45, 7) is 0.0624. The molecule has 184 valence electrons. The van der Waals surface area contributed by atoms with Crippen LogP contribution in [0, 0.1) is 5.21 Å². The van der Waals surface area contributed by atoms with E-state index in [1.807, 2.05) is 48.5 Å². The van der Waals surface area contributed by atoms with Gasteiger partial charge in [0.2, 0.25) is 5.91 Å². The molecule has 0 bridgehead atoms. The summed E-state index contributed by atoms with van der Waals surface area (Å²) in [6.07, 6.45) is 4.98. The average Bonchev–Trinajstić information content (AvgIpc) is 2.92. The third-order valence-electron chi connectivity index (χ3n) is 5.72. The summed E-state index contributed by atoms with van der Waals surface area (Å²) in [5.41, 5.74) is 10.1. The number of amides is 1. The van der Waals surface area contributed by atoms with E-state index in [0.29, 0.717) is 34.4 Å². The molecule has 0 unspecified atom stereocenters. The van der Waals surface area contributed by atoms with Crippen LogP contribution in [0.2, 0.25) is 0 Å². The zero-order chi connectivity index (χ0) is 25.6. The predicted octanol–water partition coefficient (Wildman–Crippen LogP) is 4.15. The predicted molar refractivity (Wildman–Crippen MR) is 143 cm³/mol. The Morgan fingerprint density at radius 2 is 1.78 bits per heavy atom. The Hall–Kier alpha value is -4.73. The number of aromatic nitrogens is 4. The first-order valence-corrected chi connectivity index (χ1v) is 11.7. The standard InChI is InChI=1S/C28H24N7O2/c29-25(36)18-35(37)17-19-13-21(15-30-14-19)27-33-24-11-6-10-23(20-7-2-1-3-8-20)26(24)28(34-27)32-16-22-9-4-5-12-31-22/h1-15H,16-18H2,(H2,29,36)(H,32,33,34)/q-1. The van der Waals surface area contributed by atoms with Gasteiger partial charge in [0.05, 0.1) is 29.7 Å². The molecule has 3 aromatic heterocycles. The number of rotatable bonds is 9. The number of nitrogens with zero attached hydrogens (tertiary/aromatic N) is 5. The molecule has 5 rings (SSSR count). The Kier molecular flexibility index (Phi) is 7.07. The lowest BCUT2D eigenvalue weighted by Crippen LogP contribution is -2.29. The topological polar surface area (TPSA) is 133 Å². The quantitative estimate of drug-likeness (QED) is 0.294. The molecule has 5 aromatic rings. The largest absolute Gasteiger partial charge is 0.785 e. The van der Waals surface area contributed by atoms with Crippen LogP contribution < -0.4 is 11.1 Å². The minimum Gasteiger partial charge on any atom is -0.785 e. The van der Waals surface area contributed by atoms with Crippen LogP contribution in [-0.2, 0) is 17.9 Å². The van der Waals surface area contributed by atoms with Crippen LogP contribution in [0.15, 0.2) is 91.4 Å². The fourth-order valence-corrected chi connectivity index (χ4v) is 4.11. The molecule has 3 heterocycles. The minimum atomic E-state index is -0.685. The van der Waals surface area contributed by atoms with Gasteiger partial charge in [0.15, 0.2) is 5.82 Å². The van der Waals surface area contributed by atoms with Crippen molar-refractivity contribution in [3.63, 3.8) is 0 Å². The summed E-state index contributed by atoms with van der Waals surface area (Å²) in [5, 5.41) is 17.0. The fourth-order valence-electron chi connectivity index (χ4n) is 4.11. The van der Waals surface area contributed by atoms with Gasteiger partial charge in [-0.15, -0.1) is 0 Å². The van der Waals surface area contributed by atoms with Crippen molar-refractivity contribution in [2.75, 3.05) is 11.9 Å². The number of hydrogen-bond acceptors (Lipinski definition) is 8. The summed E-state index contributed by atoms with van der Waals surface area (Å²) in [6, 6.07) is 23.6. The maximum atomic E-state index is 12.0. The van der Waals surface area contributed by atoms with Crippen molar-refractivity contribution in [1.82, 2.24) is 25.0 Å². The van der Waals surface area contributed by atoms with E-state index in [1.54, 1.807) is 24.7 Å². The normalized spacial score (nSPS) is 11.1. The van der Waals surface area contributed by atoms with E-state index in [-0.39, 0.29) is 13.1 Å². The van der Waals surface area contributed by atoms with E-state index in [9.17, 15) is 10.0 Å². The van der Waals surface area contributed by atoms with Crippen LogP contribution in [0.5, 0.6) is 0 Å². The van der Waals surface area contributed by atoms with Crippen LogP contribution in [0.1, 0.15) is 11.3 Å². The fraction of sp³-hybridized carbons (Fsp3) is 0.107. The Balaban J connectivity index is 1.58. The monoisotopic (exact) mass is 490 g/mol. The summed E-state index contributed by atoms with van der Waals surface area (Å²) in [5.74, 6) is 0.437. The van der Waals surface area contributed by atoms with Gasteiger partial charge in [0, 0.05) is 30.7 Å². The minimum absolute atomic E-state index is 0.0275. The Morgan fingerprint density at radius 3 is 2.57 bits per heavy atom. The number of carbonyl (C=O) groups excluding carboxylic acids is 1. The van der Waals surface area contributed by atoms with Gasteiger partial charge in [-0.3, -0.25) is 14.8 Å². The van der Waals surface area contributed by atoms with E-state index < -0.39 is 5.91 Å². The molecule has 1 amide bonds. The van der Waals surface area contributed by atoms with Gasteiger partial charge in [-0.05, 0) is 41.0 Å². The maximum Gasteiger partial charge on any atom is 0.230 e. The number of primary amides is 1. The molecule has 0 saturated carbocycles. The van der Waals surface area contributed by atoms with E-state index in [4.69, 9.17) is 15.7 Å². The summed E-state index contributed by atoms with van der Waals surface area (Å²) >= 11 is 0. The molecule has 0 saturated heterocycles. The number of pyridine rings is 2. The van der Waals surface area contributed by atoms with Crippen molar-refractivity contribution in [1.29, 1.82) is 0 Å². The summed E-state index contributed by atoms with van der Waals surface area (Å²) in [4.78, 5) is 29.5. The highest BCUT2D eigenvalue weighted by molar-refractivity contribution is 6.02. The van der Waals surface area contributed by atoms with Crippen molar-refractivity contribution in [3.8, 4) is 22.5 Å². The van der Waals surface area contributed by atoms with Gasteiger partial charge in [0.1, 0.15) is 5.82 Å². The Bertz CT molecular complexity index is 1530. The number of nitrogens with two attached hydrogens (primary N) is 1. The lowest BCUT2D eigenvalue weighted by Gasteiger charge is -2.26. The second kappa shape index (κ2) is 10.9. The van der Waals surface area contributed by atoms with E-state index in [1.165, 1.54) is 0 Å². The third kappa shape index (κ3) is 5.75. The molecule has 37 heavy (non-hydrogen) atoms. The molecule has 9 heteroatoms. The van der Waals surface area contributed by atoms with Gasteiger partial charge in [0.25, 0.3) is 0 Å². The van der Waals surface area contributed by atoms with E-state index in [0.717, 1.165) is 27.7 Å². The third-order valence-corrected chi connectivity index (χ3v) is 5.72. The lowest BCUT2D eigenvalue weighted by atomic mass is 10.0. The molecule has 9 nitrogen and oxygen atoms in total. The SMILES string of the molecule is NC(=O)CN([O-])Cc1cncc(-c2nc(NCc3ccccn3)c3c(-c4ccccc4)cccc3n2)c1. The van der Waals surface area contributed by atoms with E-state index >= 15 is 0 Å². The van der Waals surface area contributed by atoms with Gasteiger partial charge < -0.3 is 21.3 Å². The number of fused-ring (bicyclic) bond motifs is 1. The van der Waals surface area contributed by atoms with Crippen LogP contribution in [0.3, 0.4) is 0 Å². The number of benzene rings is 2. The van der Waals surface area contributed by atoms with Crippen LogP contribution in [0.25, 0.3) is 33.4 Å². The summed E-state index contributed by atoms with van der Waals surface area (Å²) < 4.78 is 0. The lowest BCUT2D eigenvalue weighted by molar-refractivity contribution is -0.118. The number of nitrogens with one attached hydrogen (secondary N) is 1. The van der Waals surface area contributed by atoms with E-state index in [2.05, 4.69) is 33.5 Å². The first-order valence-electron chi connectivity index (χ1n) is 11.7. The zero-order valence-corrected chi connectivity index (χ0v) is 19.9. The first-order chi connectivity index (χ1) is 18.1. The number of hydroxylamine groups is 2. The highest BCUT2D eigenvalue weighted by atomic mass is 16.5. The molecular formula is C28H24N7O2-. The maximum absolute atomic E-state index is 12.0. The Labute approximate surface area is 213 Å². The van der Waals surface area contributed by atoms with Crippen molar-refractivity contribution >= 4 is 22.6 Å². The molecule has 2 aromatic carbocycles. The second-order valence-electron chi connectivity index (χ2n) is 8.48. The molecule has 0 fully saturated rings. The van der Waals surface area contributed by atoms with Crippen molar-refractivity contribution in [2.24, 2.45) is 5.73 Å². The van der Waals surface area contributed by atoms with Gasteiger partial charge in [-0.1, -0.05) is 48.5 Å². The van der Waals surface area contributed by atoms with Gasteiger partial charge >= 0.3 is 0 Å². The molecular weight excluding hydrogens is 466 g/mol.